The Kier molecular flexibility index (Phi) is 7.19. The first-order valence-corrected chi connectivity index (χ1v) is 6.87. The molecule has 1 rings (SSSR count). The van der Waals surface area contributed by atoms with Crippen LogP contribution < -0.4 is 10.5 Å². The number of hydrogen-bond donors (Lipinski definition) is 1. The van der Waals surface area contributed by atoms with Gasteiger partial charge in [-0.15, -0.1) is 6.58 Å². The van der Waals surface area contributed by atoms with Crippen LogP contribution in [-0.4, -0.2) is 6.61 Å². The fourth-order valence-corrected chi connectivity index (χ4v) is 1.89. The van der Waals surface area contributed by atoms with Gasteiger partial charge in [-0.05, 0) is 38.2 Å². The molecule has 0 aromatic heterocycles. The molecule has 0 aliphatic rings. The van der Waals surface area contributed by atoms with Gasteiger partial charge in [-0.25, -0.2) is 0 Å². The summed E-state index contributed by atoms with van der Waals surface area (Å²) in [7, 11) is 0. The van der Waals surface area contributed by atoms with Gasteiger partial charge in [0.2, 0.25) is 0 Å². The average molecular weight is 247 g/mol. The molecule has 2 nitrogen and oxygen atoms in total. The number of para-hydroxylation sites is 1. The van der Waals surface area contributed by atoms with E-state index in [0.29, 0.717) is 0 Å². The van der Waals surface area contributed by atoms with Crippen LogP contribution >= 0.6 is 0 Å². The van der Waals surface area contributed by atoms with Crippen LogP contribution in [0.15, 0.2) is 36.9 Å². The third-order valence-corrected chi connectivity index (χ3v) is 3.07. The van der Waals surface area contributed by atoms with Crippen molar-refractivity contribution >= 4 is 0 Å². The maximum atomic E-state index is 6.07. The van der Waals surface area contributed by atoms with Gasteiger partial charge in [-0.1, -0.05) is 31.2 Å². The van der Waals surface area contributed by atoms with Crippen molar-refractivity contribution in [1.82, 2.24) is 0 Å². The van der Waals surface area contributed by atoms with E-state index in [1.807, 2.05) is 24.3 Å². The monoisotopic (exact) mass is 247 g/mol. The Morgan fingerprint density at radius 3 is 2.78 bits per heavy atom. The highest BCUT2D eigenvalue weighted by molar-refractivity contribution is 5.35. The molecule has 18 heavy (non-hydrogen) atoms. The smallest absolute Gasteiger partial charge is 0.124 e. The van der Waals surface area contributed by atoms with Gasteiger partial charge in [0.25, 0.3) is 0 Å². The van der Waals surface area contributed by atoms with E-state index in [1.54, 1.807) is 0 Å². The lowest BCUT2D eigenvalue weighted by atomic mass is 10.0. The molecule has 2 N–H and O–H groups in total. The first-order valence-electron chi connectivity index (χ1n) is 6.87. The van der Waals surface area contributed by atoms with Crippen LogP contribution in [0.5, 0.6) is 5.75 Å². The molecule has 0 saturated heterocycles. The summed E-state index contributed by atoms with van der Waals surface area (Å²) in [5.74, 6) is 0.940. The van der Waals surface area contributed by atoms with Crippen molar-refractivity contribution < 1.29 is 4.74 Å². The summed E-state index contributed by atoms with van der Waals surface area (Å²) in [6.45, 7) is 6.58. The molecule has 0 fully saturated rings. The molecule has 0 amide bonds. The van der Waals surface area contributed by atoms with Crippen molar-refractivity contribution in [2.75, 3.05) is 6.61 Å². The van der Waals surface area contributed by atoms with Gasteiger partial charge >= 0.3 is 0 Å². The third kappa shape index (κ3) is 4.92. The van der Waals surface area contributed by atoms with Gasteiger partial charge in [-0.3, -0.25) is 0 Å². The summed E-state index contributed by atoms with van der Waals surface area (Å²) in [6.07, 6.45) is 7.47. The molecule has 1 aromatic carbocycles. The normalized spacial score (nSPS) is 12.1. The molecule has 2 heteroatoms. The SMILES string of the molecule is C=CCCCCCOc1ccccc1[C@H](N)CC. The number of nitrogens with two attached hydrogens (primary N) is 1. The zero-order valence-corrected chi connectivity index (χ0v) is 11.4. The number of benzene rings is 1. The second-order valence-electron chi connectivity index (χ2n) is 4.54. The average Bonchev–Trinajstić information content (AvgIpc) is 2.42. The summed E-state index contributed by atoms with van der Waals surface area (Å²) in [5, 5.41) is 0. The standard InChI is InChI=1S/C16H25NO/c1-3-5-6-7-10-13-18-16-12-9-8-11-14(16)15(17)4-2/h3,8-9,11-12,15H,1,4-7,10,13,17H2,2H3/t15-/m1/s1. The van der Waals surface area contributed by atoms with Gasteiger partial charge in [0.05, 0.1) is 6.61 Å². The number of rotatable bonds is 9. The quantitative estimate of drug-likeness (QED) is 0.524. The minimum atomic E-state index is 0.0713. The maximum Gasteiger partial charge on any atom is 0.124 e. The van der Waals surface area contributed by atoms with Gasteiger partial charge in [-0.2, -0.15) is 0 Å². The number of hydrogen-bond acceptors (Lipinski definition) is 2. The van der Waals surface area contributed by atoms with Crippen LogP contribution in [0.25, 0.3) is 0 Å². The third-order valence-electron chi connectivity index (χ3n) is 3.07. The molecule has 100 valence electrons. The van der Waals surface area contributed by atoms with Crippen molar-refractivity contribution in [3.8, 4) is 5.75 Å². The second-order valence-corrected chi connectivity index (χ2v) is 4.54. The van der Waals surface area contributed by atoms with Crippen LogP contribution in [0.3, 0.4) is 0 Å². The van der Waals surface area contributed by atoms with Crippen LogP contribution in [-0.2, 0) is 0 Å². The Labute approximate surface area is 111 Å². The Balaban J connectivity index is 2.39. The number of ether oxygens (including phenoxy) is 1. The molecular formula is C16H25NO. The second kappa shape index (κ2) is 8.76. The summed E-state index contributed by atoms with van der Waals surface area (Å²) in [5.41, 5.74) is 7.19. The predicted octanol–water partition coefficient (Wildman–Crippen LogP) is 4.22. The molecule has 0 aliphatic carbocycles. The molecule has 1 aromatic rings. The first kappa shape index (κ1) is 14.8. The fraction of sp³-hybridized carbons (Fsp3) is 0.500. The van der Waals surface area contributed by atoms with Crippen LogP contribution in [0.1, 0.15) is 50.6 Å². The molecular weight excluding hydrogens is 222 g/mol. The van der Waals surface area contributed by atoms with Crippen molar-refractivity contribution in [2.24, 2.45) is 5.73 Å². The summed E-state index contributed by atoms with van der Waals surface area (Å²) in [4.78, 5) is 0. The Morgan fingerprint density at radius 1 is 1.28 bits per heavy atom. The largest absolute Gasteiger partial charge is 0.493 e. The van der Waals surface area contributed by atoms with E-state index >= 15 is 0 Å². The van der Waals surface area contributed by atoms with Crippen LogP contribution in [0, 0.1) is 0 Å². The van der Waals surface area contributed by atoms with Crippen LogP contribution in [0.4, 0.5) is 0 Å². The van der Waals surface area contributed by atoms with E-state index in [0.717, 1.165) is 37.2 Å². The lowest BCUT2D eigenvalue weighted by Gasteiger charge is -2.15. The number of unbranched alkanes of at least 4 members (excludes halogenated alkanes) is 3. The van der Waals surface area contributed by atoms with Gasteiger partial charge in [0.1, 0.15) is 5.75 Å². The molecule has 0 aliphatic heterocycles. The Hall–Kier alpha value is -1.28. The molecule has 0 bridgehead atoms. The summed E-state index contributed by atoms with van der Waals surface area (Å²) in [6, 6.07) is 8.15. The maximum absolute atomic E-state index is 6.07. The van der Waals surface area contributed by atoms with E-state index in [4.69, 9.17) is 10.5 Å². The highest BCUT2D eigenvalue weighted by Crippen LogP contribution is 2.25. The van der Waals surface area contributed by atoms with Crippen molar-refractivity contribution in [1.29, 1.82) is 0 Å². The Bertz CT molecular complexity index is 349. The molecule has 1 atom stereocenters. The minimum Gasteiger partial charge on any atom is -0.493 e. The zero-order valence-electron chi connectivity index (χ0n) is 11.4. The van der Waals surface area contributed by atoms with E-state index in [9.17, 15) is 0 Å². The molecule has 0 unspecified atom stereocenters. The number of allylic oxidation sites excluding steroid dienone is 1. The van der Waals surface area contributed by atoms with Gasteiger partial charge in [0.15, 0.2) is 0 Å². The summed E-state index contributed by atoms with van der Waals surface area (Å²) >= 11 is 0. The highest BCUT2D eigenvalue weighted by atomic mass is 16.5. The van der Waals surface area contributed by atoms with Crippen molar-refractivity contribution in [2.45, 2.75) is 45.1 Å². The Morgan fingerprint density at radius 2 is 2.06 bits per heavy atom. The van der Waals surface area contributed by atoms with E-state index < -0.39 is 0 Å². The highest BCUT2D eigenvalue weighted by Gasteiger charge is 2.09. The first-order chi connectivity index (χ1) is 8.79. The van der Waals surface area contributed by atoms with E-state index in [2.05, 4.69) is 19.6 Å². The molecule has 0 heterocycles. The molecule has 0 spiro atoms. The topological polar surface area (TPSA) is 35.2 Å². The van der Waals surface area contributed by atoms with Crippen molar-refractivity contribution in [3.05, 3.63) is 42.5 Å². The van der Waals surface area contributed by atoms with Gasteiger partial charge < -0.3 is 10.5 Å². The van der Waals surface area contributed by atoms with E-state index in [1.165, 1.54) is 12.8 Å². The van der Waals surface area contributed by atoms with Crippen LogP contribution in [0.2, 0.25) is 0 Å². The zero-order chi connectivity index (χ0) is 13.2. The summed E-state index contributed by atoms with van der Waals surface area (Å²) < 4.78 is 5.83. The van der Waals surface area contributed by atoms with Gasteiger partial charge in [0, 0.05) is 11.6 Å². The molecule has 0 saturated carbocycles. The van der Waals surface area contributed by atoms with E-state index in [-0.39, 0.29) is 6.04 Å². The molecule has 0 radical (unpaired) electrons. The lowest BCUT2D eigenvalue weighted by Crippen LogP contribution is -2.11. The lowest BCUT2D eigenvalue weighted by molar-refractivity contribution is 0.300. The minimum absolute atomic E-state index is 0.0713. The van der Waals surface area contributed by atoms with Crippen molar-refractivity contribution in [3.63, 3.8) is 0 Å². The fourth-order valence-electron chi connectivity index (χ4n) is 1.89. The predicted molar refractivity (Wildman–Crippen MR) is 77.8 cm³/mol.